The molecule has 0 spiro atoms. The van der Waals surface area contributed by atoms with E-state index in [9.17, 15) is 0 Å². The molecule has 0 saturated heterocycles. The predicted octanol–water partition coefficient (Wildman–Crippen LogP) is -3.50. The fourth-order valence-corrected chi connectivity index (χ4v) is 1.10. The van der Waals surface area contributed by atoms with Crippen molar-refractivity contribution in [3.8, 4) is 0 Å². The Balaban J connectivity index is 0. The van der Waals surface area contributed by atoms with Gasteiger partial charge in [-0.3, -0.25) is 0 Å². The molecule has 94 valence electrons. The van der Waals surface area contributed by atoms with Gasteiger partial charge in [0, 0.05) is 27.8 Å². The van der Waals surface area contributed by atoms with E-state index >= 15 is 0 Å². The molecule has 0 heterocycles. The summed E-state index contributed by atoms with van der Waals surface area (Å²) in [5.74, 6) is 0. The van der Waals surface area contributed by atoms with Gasteiger partial charge in [-0.2, -0.15) is 0 Å². The molecule has 0 radical (unpaired) electrons. The molecule has 15 heavy (non-hydrogen) atoms. The summed E-state index contributed by atoms with van der Waals surface area (Å²) >= 11 is 0. The van der Waals surface area contributed by atoms with Gasteiger partial charge >= 0.3 is 0 Å². The van der Waals surface area contributed by atoms with E-state index in [4.69, 9.17) is 28.4 Å². The summed E-state index contributed by atoms with van der Waals surface area (Å²) in [4.78, 5) is 0. The van der Waals surface area contributed by atoms with Crippen LogP contribution in [0.25, 0.3) is 0 Å². The first kappa shape index (κ1) is 17.6. The highest BCUT2D eigenvalue weighted by atomic mass is 32.4. The van der Waals surface area contributed by atoms with Gasteiger partial charge in [0.15, 0.2) is 0 Å². The maximum absolute atomic E-state index is 9.10. The van der Waals surface area contributed by atoms with Crippen molar-refractivity contribution in [3.05, 3.63) is 0 Å². The van der Waals surface area contributed by atoms with Gasteiger partial charge in [-0.25, -0.2) is 8.42 Å². The summed E-state index contributed by atoms with van der Waals surface area (Å²) in [5, 5.41) is 0. The number of thiol groups is 1. The van der Waals surface area contributed by atoms with E-state index in [1.54, 1.807) is 21.3 Å². The van der Waals surface area contributed by atoms with Crippen LogP contribution in [0, 0.1) is 0 Å². The van der Waals surface area contributed by atoms with Crippen molar-refractivity contribution < 1.29 is 22.6 Å². The standard InChI is InChI=1S/C6H17NO3Si.H4O2SSi/c1-8-5(7)4-6(11,9-2)10-3;1-3(2)4/h5H,4,7H2,1-3,11H3;3H,4H3. The van der Waals surface area contributed by atoms with Crippen molar-refractivity contribution >= 4 is 29.8 Å². The average molecular weight is 275 g/mol. The summed E-state index contributed by atoms with van der Waals surface area (Å²) in [6, 6.07) is 0. The normalized spacial score (nSPS) is 13.7. The highest BCUT2D eigenvalue weighted by Gasteiger charge is 2.25. The molecule has 0 amide bonds. The lowest BCUT2D eigenvalue weighted by Gasteiger charge is -2.28. The van der Waals surface area contributed by atoms with Crippen LogP contribution in [0.4, 0.5) is 0 Å². The zero-order chi connectivity index (χ0) is 12.5. The summed E-state index contributed by atoms with van der Waals surface area (Å²) in [6.07, 6.45) is 0.260. The van der Waals surface area contributed by atoms with Crippen molar-refractivity contribution in [1.29, 1.82) is 0 Å². The van der Waals surface area contributed by atoms with Gasteiger partial charge in [-0.15, -0.1) is 0 Å². The second-order valence-electron chi connectivity index (χ2n) is 2.96. The minimum atomic E-state index is -1.98. The Bertz CT molecular complexity index is 214. The zero-order valence-electron chi connectivity index (χ0n) is 9.85. The first-order valence-electron chi connectivity index (χ1n) is 4.28. The van der Waals surface area contributed by atoms with Crippen LogP contribution < -0.4 is 5.73 Å². The molecule has 0 aromatic heterocycles. The maximum Gasteiger partial charge on any atom is 0.145 e. The van der Waals surface area contributed by atoms with E-state index < -0.39 is 15.6 Å². The van der Waals surface area contributed by atoms with Crippen molar-refractivity contribution in [3.63, 3.8) is 0 Å². The van der Waals surface area contributed by atoms with Crippen LogP contribution in [0.2, 0.25) is 0 Å². The van der Waals surface area contributed by atoms with Gasteiger partial charge < -0.3 is 19.9 Å². The highest BCUT2D eigenvalue weighted by Crippen LogP contribution is 2.12. The van der Waals surface area contributed by atoms with Gasteiger partial charge in [-0.05, 0) is 0 Å². The van der Waals surface area contributed by atoms with E-state index in [2.05, 4.69) is 0 Å². The minimum Gasteiger partial charge on any atom is -0.367 e. The van der Waals surface area contributed by atoms with Gasteiger partial charge in [0.2, 0.25) is 0 Å². The average Bonchev–Trinajstić information content (AvgIpc) is 2.16. The van der Waals surface area contributed by atoms with Crippen molar-refractivity contribution in [2.24, 2.45) is 5.73 Å². The van der Waals surface area contributed by atoms with E-state index in [1.165, 1.54) is 0 Å². The molecule has 1 atom stereocenters. The molecule has 2 N–H and O–H groups in total. The number of ether oxygens (including phenoxy) is 3. The van der Waals surface area contributed by atoms with Crippen LogP contribution in [-0.4, -0.2) is 61.0 Å². The Morgan fingerprint density at radius 2 is 1.67 bits per heavy atom. The summed E-state index contributed by atoms with van der Waals surface area (Å²) in [6.45, 7) is 0. The second-order valence-corrected chi connectivity index (χ2v) is 7.55. The SMILES string of the molecule is COC(N)CC([SiH3])(OC)OC.O=[SH](=O)[SiH3]. The molecular weight excluding hydrogens is 254 g/mol. The van der Waals surface area contributed by atoms with E-state index in [1.807, 2.05) is 0 Å². The summed E-state index contributed by atoms with van der Waals surface area (Å²) in [7, 11) is 3.88. The number of hydrogen-bond donors (Lipinski definition) is 2. The van der Waals surface area contributed by atoms with E-state index in [-0.39, 0.29) is 6.23 Å². The quantitative estimate of drug-likeness (QED) is 0.307. The highest BCUT2D eigenvalue weighted by molar-refractivity contribution is 7.96. The van der Waals surface area contributed by atoms with Crippen molar-refractivity contribution in [1.82, 2.24) is 0 Å². The maximum atomic E-state index is 9.10. The van der Waals surface area contributed by atoms with Gasteiger partial charge in [0.1, 0.15) is 31.2 Å². The Labute approximate surface area is 97.9 Å². The van der Waals surface area contributed by atoms with Crippen molar-refractivity contribution in [2.75, 3.05) is 21.3 Å². The molecular formula is C6H21NO5SSi2. The van der Waals surface area contributed by atoms with Crippen LogP contribution in [0.15, 0.2) is 0 Å². The molecule has 6 nitrogen and oxygen atoms in total. The van der Waals surface area contributed by atoms with Gasteiger partial charge in [0.25, 0.3) is 0 Å². The van der Waals surface area contributed by atoms with Crippen LogP contribution in [-0.2, 0) is 24.4 Å². The number of methoxy groups -OCH3 is 3. The minimum absolute atomic E-state index is 0.302. The first-order valence-corrected chi connectivity index (χ1v) is 9.58. The smallest absolute Gasteiger partial charge is 0.145 e. The lowest BCUT2D eigenvalue weighted by atomic mass is 10.3. The first-order chi connectivity index (χ1) is 6.81. The van der Waals surface area contributed by atoms with Gasteiger partial charge in [-0.1, -0.05) is 0 Å². The lowest BCUT2D eigenvalue weighted by Crippen LogP contribution is -2.41. The molecule has 0 aliphatic carbocycles. The molecule has 0 saturated carbocycles. The molecule has 9 heteroatoms. The third-order valence-corrected chi connectivity index (χ3v) is 2.96. The lowest BCUT2D eigenvalue weighted by molar-refractivity contribution is -0.162. The van der Waals surface area contributed by atoms with Crippen LogP contribution in [0.5, 0.6) is 0 Å². The molecule has 0 aliphatic rings. The third kappa shape index (κ3) is 12.2. The third-order valence-electron chi connectivity index (χ3n) is 1.74. The van der Waals surface area contributed by atoms with E-state index in [0.29, 0.717) is 15.8 Å². The predicted molar refractivity (Wildman–Crippen MR) is 66.5 cm³/mol. The second kappa shape index (κ2) is 9.45. The van der Waals surface area contributed by atoms with Crippen LogP contribution >= 0.6 is 0 Å². The molecule has 0 aliphatic heterocycles. The molecule has 0 aromatic carbocycles. The van der Waals surface area contributed by atoms with Crippen LogP contribution in [0.1, 0.15) is 6.42 Å². The fraction of sp³-hybridized carbons (Fsp3) is 1.00. The number of nitrogens with two attached hydrogens (primary N) is 1. The Morgan fingerprint density at radius 3 is 1.87 bits per heavy atom. The van der Waals surface area contributed by atoms with Crippen molar-refractivity contribution in [2.45, 2.75) is 18.1 Å². The summed E-state index contributed by atoms with van der Waals surface area (Å²) < 4.78 is 33.4. The fourth-order valence-electron chi connectivity index (χ4n) is 0.699. The Hall–Kier alpha value is 0.224. The summed E-state index contributed by atoms with van der Waals surface area (Å²) in [5.41, 5.74) is 5.05. The van der Waals surface area contributed by atoms with E-state index in [0.717, 1.165) is 10.2 Å². The topological polar surface area (TPSA) is 87.8 Å². The monoisotopic (exact) mass is 275 g/mol. The molecule has 0 aromatic rings. The Kier molecular flexibility index (Phi) is 11.1. The largest absolute Gasteiger partial charge is 0.367 e. The molecule has 1 unspecified atom stereocenters. The number of rotatable bonds is 5. The molecule has 0 fully saturated rings. The Morgan fingerprint density at radius 1 is 1.33 bits per heavy atom. The van der Waals surface area contributed by atoms with Crippen LogP contribution in [0.3, 0.4) is 0 Å². The van der Waals surface area contributed by atoms with Gasteiger partial charge in [0.05, 0.1) is 10.2 Å². The zero-order valence-corrected chi connectivity index (χ0v) is 14.7. The molecule has 0 bridgehead atoms. The number of hydrogen-bond acceptors (Lipinski definition) is 6. The molecule has 0 rings (SSSR count).